The Labute approximate surface area is 233 Å². The third-order valence-electron chi connectivity index (χ3n) is 5.69. The molecule has 0 aliphatic rings. The Kier molecular flexibility index (Phi) is 11.4. The molecule has 208 valence electrons. The van der Waals surface area contributed by atoms with E-state index < -0.39 is 19.3 Å². The van der Waals surface area contributed by atoms with Gasteiger partial charge in [0.25, 0.3) is 0 Å². The van der Waals surface area contributed by atoms with Crippen molar-refractivity contribution in [1.29, 1.82) is 0 Å². The van der Waals surface area contributed by atoms with Crippen LogP contribution in [0.5, 0.6) is 0 Å². The number of hydrogen-bond acceptors (Lipinski definition) is 9. The number of aryl methyl sites for hydroxylation is 2. The first-order valence-corrected chi connectivity index (χ1v) is 15.7. The molecule has 3 rings (SSSR count). The van der Waals surface area contributed by atoms with Crippen molar-refractivity contribution in [3.05, 3.63) is 57.3 Å². The summed E-state index contributed by atoms with van der Waals surface area (Å²) >= 11 is 8.04. The molecule has 9 nitrogen and oxygen atoms in total. The lowest BCUT2D eigenvalue weighted by atomic mass is 10.2. The maximum Gasteiger partial charge on any atom is 0.357 e. The molecule has 12 heteroatoms. The average Bonchev–Trinajstić information content (AvgIpc) is 3.41. The molecule has 1 N–H and O–H groups in total. The van der Waals surface area contributed by atoms with Crippen LogP contribution in [-0.2, 0) is 18.3 Å². The molecule has 0 aliphatic carbocycles. The maximum atomic E-state index is 14.5. The normalized spacial score (nSPS) is 12.5. The molecule has 2 heterocycles. The second kappa shape index (κ2) is 14.2. The number of benzene rings is 1. The van der Waals surface area contributed by atoms with E-state index in [0.29, 0.717) is 39.8 Å². The second-order valence-corrected chi connectivity index (χ2v) is 12.1. The van der Waals surface area contributed by atoms with Crippen molar-refractivity contribution in [2.24, 2.45) is 0 Å². The first kappa shape index (κ1) is 30.3. The molecule has 1 atom stereocenters. The summed E-state index contributed by atoms with van der Waals surface area (Å²) in [6.45, 7) is 10.1. The Hall–Kier alpha value is -2.23. The Morgan fingerprint density at radius 1 is 1.08 bits per heavy atom. The van der Waals surface area contributed by atoms with Crippen LogP contribution in [-0.4, -0.2) is 40.6 Å². The number of rotatable bonds is 15. The SMILES string of the molecule is CCCCOP(=O)(OCCCC)C(Nc1nc(C)c(C(=O)OCC)s1)c1c(C)nn(-c2ccccc2)c1Cl. The van der Waals surface area contributed by atoms with Gasteiger partial charge in [-0.05, 0) is 45.7 Å². The number of thiazole rings is 1. The fourth-order valence-corrected chi connectivity index (χ4v) is 7.17. The number of nitrogens with zero attached hydrogens (tertiary/aromatic N) is 3. The summed E-state index contributed by atoms with van der Waals surface area (Å²) in [5, 5.41) is 8.54. The van der Waals surface area contributed by atoms with Crippen molar-refractivity contribution in [2.75, 3.05) is 25.1 Å². The number of aromatic nitrogens is 3. The van der Waals surface area contributed by atoms with Crippen molar-refractivity contribution in [3.8, 4) is 5.69 Å². The van der Waals surface area contributed by atoms with Crippen LogP contribution in [0.4, 0.5) is 5.13 Å². The molecule has 0 fully saturated rings. The molecule has 38 heavy (non-hydrogen) atoms. The summed E-state index contributed by atoms with van der Waals surface area (Å²) in [6, 6.07) is 9.45. The lowest BCUT2D eigenvalue weighted by molar-refractivity contribution is 0.0531. The summed E-state index contributed by atoms with van der Waals surface area (Å²) in [4.78, 5) is 17.3. The van der Waals surface area contributed by atoms with Crippen LogP contribution in [0.15, 0.2) is 30.3 Å². The van der Waals surface area contributed by atoms with E-state index in [1.54, 1.807) is 25.5 Å². The number of hydrogen-bond donors (Lipinski definition) is 1. The minimum absolute atomic E-state index is 0.251. The van der Waals surface area contributed by atoms with E-state index in [0.717, 1.165) is 29.9 Å². The lowest BCUT2D eigenvalue weighted by Crippen LogP contribution is -2.17. The van der Waals surface area contributed by atoms with Gasteiger partial charge in [0.05, 0.1) is 36.9 Å². The molecular formula is C26H36ClN4O5PS. The fourth-order valence-electron chi connectivity index (χ4n) is 3.69. The van der Waals surface area contributed by atoms with Crippen LogP contribution >= 0.6 is 30.5 Å². The van der Waals surface area contributed by atoms with E-state index in [9.17, 15) is 9.36 Å². The number of esters is 1. The number of ether oxygens (including phenoxy) is 1. The molecule has 0 saturated heterocycles. The number of anilines is 1. The number of carbonyl (C=O) groups excluding carboxylic acids is 1. The first-order chi connectivity index (χ1) is 18.3. The van der Waals surface area contributed by atoms with Gasteiger partial charge in [0, 0.05) is 5.56 Å². The van der Waals surface area contributed by atoms with E-state index in [4.69, 9.17) is 25.4 Å². The van der Waals surface area contributed by atoms with Crippen molar-refractivity contribution in [3.63, 3.8) is 0 Å². The fraction of sp³-hybridized carbons (Fsp3) is 0.500. The number of carbonyl (C=O) groups is 1. The number of para-hydroxylation sites is 1. The standard InChI is InChI=1S/C26H36ClN4O5PS/c1-6-9-16-35-37(33,36-17-10-7-2)24(29-26-28-19(5)22(38-26)25(32)34-8-3)21-18(4)30-31(23(21)27)20-14-12-11-13-15-20/h11-15,24H,6-10,16-17H2,1-5H3,(H,28,29). The first-order valence-electron chi connectivity index (χ1n) is 12.9. The molecule has 2 aromatic heterocycles. The number of halogens is 1. The van der Waals surface area contributed by atoms with Gasteiger partial charge in [-0.25, -0.2) is 14.5 Å². The van der Waals surface area contributed by atoms with E-state index in [1.165, 1.54) is 0 Å². The zero-order valence-electron chi connectivity index (χ0n) is 22.5. The quantitative estimate of drug-likeness (QED) is 0.110. The highest BCUT2D eigenvalue weighted by molar-refractivity contribution is 7.54. The summed E-state index contributed by atoms with van der Waals surface area (Å²) in [5.74, 6) is -1.47. The van der Waals surface area contributed by atoms with E-state index in [1.807, 2.05) is 44.2 Å². The van der Waals surface area contributed by atoms with Gasteiger partial charge < -0.3 is 19.1 Å². The van der Waals surface area contributed by atoms with Crippen LogP contribution in [0.25, 0.3) is 5.69 Å². The van der Waals surface area contributed by atoms with Gasteiger partial charge in [-0.3, -0.25) is 4.57 Å². The van der Waals surface area contributed by atoms with Gasteiger partial charge in [-0.15, -0.1) is 0 Å². The Morgan fingerprint density at radius 3 is 2.29 bits per heavy atom. The molecule has 0 amide bonds. The van der Waals surface area contributed by atoms with Gasteiger partial charge >= 0.3 is 13.6 Å². The third kappa shape index (κ3) is 7.24. The smallest absolute Gasteiger partial charge is 0.357 e. The zero-order valence-corrected chi connectivity index (χ0v) is 25.0. The molecule has 0 radical (unpaired) electrons. The zero-order chi connectivity index (χ0) is 27.7. The van der Waals surface area contributed by atoms with Gasteiger partial charge in [-0.2, -0.15) is 5.10 Å². The highest BCUT2D eigenvalue weighted by atomic mass is 35.5. The van der Waals surface area contributed by atoms with E-state index in [2.05, 4.69) is 15.4 Å². The summed E-state index contributed by atoms with van der Waals surface area (Å²) in [7, 11) is -3.85. The summed E-state index contributed by atoms with van der Waals surface area (Å²) in [6.07, 6.45) is 3.17. The van der Waals surface area contributed by atoms with Crippen LogP contribution in [0.3, 0.4) is 0 Å². The van der Waals surface area contributed by atoms with Gasteiger partial charge in [0.2, 0.25) is 0 Å². The highest BCUT2D eigenvalue weighted by Gasteiger charge is 2.42. The predicted molar refractivity (Wildman–Crippen MR) is 152 cm³/mol. The van der Waals surface area contributed by atoms with Crippen LogP contribution in [0.2, 0.25) is 5.15 Å². The highest BCUT2D eigenvalue weighted by Crippen LogP contribution is 2.62. The monoisotopic (exact) mass is 582 g/mol. The largest absolute Gasteiger partial charge is 0.462 e. The van der Waals surface area contributed by atoms with Gasteiger partial charge in [-0.1, -0.05) is 67.8 Å². The van der Waals surface area contributed by atoms with Crippen LogP contribution in [0.1, 0.15) is 78.9 Å². The Morgan fingerprint density at radius 2 is 1.71 bits per heavy atom. The van der Waals surface area contributed by atoms with E-state index in [-0.39, 0.29) is 25.0 Å². The molecule has 3 aromatic rings. The van der Waals surface area contributed by atoms with Crippen molar-refractivity contribution >= 4 is 41.6 Å². The number of nitrogens with one attached hydrogen (secondary N) is 1. The second-order valence-electron chi connectivity index (χ2n) is 8.65. The molecule has 1 unspecified atom stereocenters. The summed E-state index contributed by atoms with van der Waals surface area (Å²) in [5.41, 5.74) is 2.31. The Balaban J connectivity index is 2.11. The van der Waals surface area contributed by atoms with Crippen LogP contribution < -0.4 is 5.32 Å². The number of unbranched alkanes of at least 4 members (excludes halogenated alkanes) is 2. The molecular weight excluding hydrogens is 547 g/mol. The summed E-state index contributed by atoms with van der Waals surface area (Å²) < 4.78 is 33.3. The van der Waals surface area contributed by atoms with Gasteiger partial charge in [0.15, 0.2) is 10.9 Å². The minimum Gasteiger partial charge on any atom is -0.462 e. The van der Waals surface area contributed by atoms with E-state index >= 15 is 0 Å². The molecule has 0 spiro atoms. The van der Waals surface area contributed by atoms with Crippen molar-refractivity contribution < 1.29 is 23.1 Å². The predicted octanol–water partition coefficient (Wildman–Crippen LogP) is 7.71. The molecule has 0 aliphatic heterocycles. The van der Waals surface area contributed by atoms with Crippen molar-refractivity contribution in [2.45, 2.75) is 66.1 Å². The van der Waals surface area contributed by atoms with Crippen molar-refractivity contribution in [1.82, 2.24) is 14.8 Å². The molecule has 0 bridgehead atoms. The Bertz CT molecular complexity index is 1240. The minimum atomic E-state index is -3.85. The third-order valence-corrected chi connectivity index (χ3v) is 9.23. The van der Waals surface area contributed by atoms with Gasteiger partial charge in [0.1, 0.15) is 10.0 Å². The lowest BCUT2D eigenvalue weighted by Gasteiger charge is -2.28. The molecule has 1 aromatic carbocycles. The van der Waals surface area contributed by atoms with Crippen LogP contribution in [0, 0.1) is 13.8 Å². The topological polar surface area (TPSA) is 105 Å². The average molecular weight is 583 g/mol. The maximum absolute atomic E-state index is 14.5. The molecule has 0 saturated carbocycles.